The molecule has 0 rings (SSSR count). The summed E-state index contributed by atoms with van der Waals surface area (Å²) in [6.07, 6.45) is 0. The number of rotatable bonds is 0. The Morgan fingerprint density at radius 3 is 1.60 bits per heavy atom. The summed E-state index contributed by atoms with van der Waals surface area (Å²) in [5.41, 5.74) is 0. The Labute approximate surface area is 52.4 Å². The van der Waals surface area contributed by atoms with Crippen molar-refractivity contribution in [2.75, 3.05) is 6.61 Å². The van der Waals surface area contributed by atoms with Crippen LogP contribution in [-0.2, 0) is 21.1 Å². The summed E-state index contributed by atoms with van der Waals surface area (Å²) in [4.78, 5) is 0. The van der Waals surface area contributed by atoms with Crippen LogP contribution in [0.2, 0.25) is 0 Å². The van der Waals surface area contributed by atoms with Gasteiger partial charge in [-0.2, -0.15) is 0 Å². The van der Waals surface area contributed by atoms with E-state index in [1.54, 1.807) is 6.92 Å². The largest absolute Gasteiger partial charge is 0.397 e. The van der Waals surface area contributed by atoms with Gasteiger partial charge in [0.25, 0.3) is 0 Å². The van der Waals surface area contributed by atoms with E-state index in [9.17, 15) is 0 Å². The van der Waals surface area contributed by atoms with E-state index in [-0.39, 0.29) is 40.1 Å². The molecular formula is C2H7ClMoO. The molecule has 0 spiro atoms. The smallest absolute Gasteiger partial charge is 0.0402 e. The summed E-state index contributed by atoms with van der Waals surface area (Å²) in [5.74, 6) is 0. The maximum Gasteiger partial charge on any atom is 0.0402 e. The molecule has 0 bridgehead atoms. The average molecular weight is 178 g/mol. The summed E-state index contributed by atoms with van der Waals surface area (Å²) in [6, 6.07) is 0. The van der Waals surface area contributed by atoms with E-state index < -0.39 is 0 Å². The summed E-state index contributed by atoms with van der Waals surface area (Å²) >= 11 is 0. The van der Waals surface area contributed by atoms with Crippen molar-refractivity contribution in [3.8, 4) is 0 Å². The molecule has 0 heterocycles. The summed E-state index contributed by atoms with van der Waals surface area (Å²) in [5, 5.41) is 7.57. The van der Waals surface area contributed by atoms with E-state index in [2.05, 4.69) is 0 Å². The normalized spacial score (nSPS) is 3.60. The second-order valence-electron chi connectivity index (χ2n) is 0.316. The number of hydrogen-bond donors (Lipinski definition) is 1. The van der Waals surface area contributed by atoms with Crippen LogP contribution in [0.15, 0.2) is 0 Å². The van der Waals surface area contributed by atoms with Gasteiger partial charge in [-0.25, -0.2) is 0 Å². The summed E-state index contributed by atoms with van der Waals surface area (Å²) in [7, 11) is 0. The summed E-state index contributed by atoms with van der Waals surface area (Å²) in [6.45, 7) is 1.93. The van der Waals surface area contributed by atoms with E-state index in [1.165, 1.54) is 0 Å². The zero-order valence-corrected chi connectivity index (χ0v) is 5.79. The van der Waals surface area contributed by atoms with Crippen molar-refractivity contribution in [2.45, 2.75) is 6.92 Å². The first-order valence-corrected chi connectivity index (χ1v) is 1.02. The molecule has 5 heavy (non-hydrogen) atoms. The third-order valence-corrected chi connectivity index (χ3v) is 0. The zero-order valence-electron chi connectivity index (χ0n) is 2.97. The molecular weight excluding hydrogens is 171 g/mol. The zero-order chi connectivity index (χ0) is 2.71. The molecule has 1 nitrogen and oxygen atoms in total. The molecule has 0 unspecified atom stereocenters. The molecule has 0 aromatic rings. The van der Waals surface area contributed by atoms with Gasteiger partial charge in [0, 0.05) is 27.7 Å². The number of halogens is 1. The van der Waals surface area contributed by atoms with E-state index in [0.717, 1.165) is 0 Å². The molecule has 0 fully saturated rings. The van der Waals surface area contributed by atoms with Crippen LogP contribution in [0.3, 0.4) is 0 Å². The van der Waals surface area contributed by atoms with Crippen molar-refractivity contribution < 1.29 is 26.2 Å². The third kappa shape index (κ3) is 48.4. The van der Waals surface area contributed by atoms with E-state index in [1.807, 2.05) is 0 Å². The Bertz CT molecular complexity index is 9.61. The standard InChI is InChI=1S/C2H6O.ClH.Mo/c1-2-3;;/h3H,2H2,1H3;1H;. The van der Waals surface area contributed by atoms with Crippen molar-refractivity contribution in [1.82, 2.24) is 0 Å². The van der Waals surface area contributed by atoms with Gasteiger partial charge >= 0.3 is 0 Å². The molecule has 0 aromatic heterocycles. The first-order valence-electron chi connectivity index (χ1n) is 1.02. The molecule has 3 heteroatoms. The number of aliphatic hydroxyl groups excluding tert-OH is 1. The monoisotopic (exact) mass is 180 g/mol. The van der Waals surface area contributed by atoms with Gasteiger partial charge in [0.15, 0.2) is 0 Å². The van der Waals surface area contributed by atoms with Gasteiger partial charge in [-0.15, -0.1) is 12.4 Å². The molecule has 0 aromatic carbocycles. The van der Waals surface area contributed by atoms with Gasteiger partial charge < -0.3 is 5.11 Å². The Morgan fingerprint density at radius 1 is 1.60 bits per heavy atom. The fourth-order valence-electron chi connectivity index (χ4n) is 0. The van der Waals surface area contributed by atoms with Crippen LogP contribution in [0.1, 0.15) is 6.92 Å². The van der Waals surface area contributed by atoms with Gasteiger partial charge in [-0.3, -0.25) is 0 Å². The molecule has 0 radical (unpaired) electrons. The van der Waals surface area contributed by atoms with Gasteiger partial charge in [-0.1, -0.05) is 0 Å². The van der Waals surface area contributed by atoms with Crippen LogP contribution in [-0.4, -0.2) is 11.7 Å². The van der Waals surface area contributed by atoms with Gasteiger partial charge in [-0.05, 0) is 6.92 Å². The van der Waals surface area contributed by atoms with Crippen molar-refractivity contribution in [3.05, 3.63) is 0 Å². The summed E-state index contributed by atoms with van der Waals surface area (Å²) < 4.78 is 0. The number of hydrogen-bond acceptors (Lipinski definition) is 1. The Morgan fingerprint density at radius 2 is 1.60 bits per heavy atom. The third-order valence-electron chi connectivity index (χ3n) is 0. The van der Waals surface area contributed by atoms with Crippen molar-refractivity contribution in [3.63, 3.8) is 0 Å². The molecule has 0 aliphatic heterocycles. The Kier molecular flexibility index (Phi) is 68.4. The Balaban J connectivity index is -0.0000000200. The predicted molar refractivity (Wildman–Crippen MR) is 20.0 cm³/mol. The van der Waals surface area contributed by atoms with Gasteiger partial charge in [0.05, 0.1) is 0 Å². The van der Waals surface area contributed by atoms with E-state index in [0.29, 0.717) is 0 Å². The maximum absolute atomic E-state index is 7.57. The van der Waals surface area contributed by atoms with Crippen molar-refractivity contribution in [1.29, 1.82) is 0 Å². The predicted octanol–water partition coefficient (Wildman–Crippen LogP) is 0.418. The molecule has 0 atom stereocenters. The van der Waals surface area contributed by atoms with Gasteiger partial charge in [0.2, 0.25) is 0 Å². The molecule has 0 aliphatic carbocycles. The van der Waals surface area contributed by atoms with Crippen LogP contribution in [0.5, 0.6) is 0 Å². The quantitative estimate of drug-likeness (QED) is 0.533. The number of aliphatic hydroxyl groups is 1. The first kappa shape index (κ1) is 16.8. The maximum atomic E-state index is 7.57. The minimum absolute atomic E-state index is 0. The fraction of sp³-hybridized carbons (Fsp3) is 1.00. The van der Waals surface area contributed by atoms with Crippen LogP contribution >= 0.6 is 12.4 Å². The topological polar surface area (TPSA) is 20.2 Å². The molecule has 1 N–H and O–H groups in total. The van der Waals surface area contributed by atoms with Crippen molar-refractivity contribution in [2.24, 2.45) is 0 Å². The minimum Gasteiger partial charge on any atom is -0.397 e. The Hall–Kier alpha value is 0.938. The van der Waals surface area contributed by atoms with Crippen LogP contribution in [0, 0.1) is 0 Å². The fourth-order valence-corrected chi connectivity index (χ4v) is 0. The van der Waals surface area contributed by atoms with Crippen LogP contribution < -0.4 is 0 Å². The second kappa shape index (κ2) is 20.4. The van der Waals surface area contributed by atoms with Crippen LogP contribution in [0.25, 0.3) is 0 Å². The molecule has 0 aliphatic rings. The van der Waals surface area contributed by atoms with Crippen LogP contribution in [0.4, 0.5) is 0 Å². The van der Waals surface area contributed by atoms with Crippen molar-refractivity contribution >= 4 is 12.4 Å². The molecule has 0 amide bonds. The van der Waals surface area contributed by atoms with Gasteiger partial charge in [0.1, 0.15) is 0 Å². The van der Waals surface area contributed by atoms with E-state index >= 15 is 0 Å². The molecule has 0 saturated heterocycles. The first-order chi connectivity index (χ1) is 1.41. The average Bonchev–Trinajstić information content (AvgIpc) is 0.918. The SMILES string of the molecule is CCO.Cl.[Mo]. The second-order valence-corrected chi connectivity index (χ2v) is 0.316. The minimum atomic E-state index is 0. The van der Waals surface area contributed by atoms with E-state index in [4.69, 9.17) is 5.11 Å². The molecule has 0 saturated carbocycles. The molecule has 34 valence electrons.